The number of halogens is 1. The van der Waals surface area contributed by atoms with Crippen molar-refractivity contribution in [1.82, 2.24) is 19.9 Å². The molecule has 0 radical (unpaired) electrons. The normalized spacial score (nSPS) is 18.1. The maximum Gasteiger partial charge on any atom is 0.298 e. The van der Waals surface area contributed by atoms with E-state index in [1.165, 1.54) is 22.5 Å². The van der Waals surface area contributed by atoms with Crippen molar-refractivity contribution in [3.05, 3.63) is 99.4 Å². The van der Waals surface area contributed by atoms with Gasteiger partial charge in [0.15, 0.2) is 23.9 Å². The lowest BCUT2D eigenvalue weighted by molar-refractivity contribution is -0.122. The highest BCUT2D eigenvalue weighted by atomic mass is 35.5. The summed E-state index contributed by atoms with van der Waals surface area (Å²) >= 11 is 9.81. The Morgan fingerprint density at radius 3 is 2.52 bits per heavy atom. The first kappa shape index (κ1) is 52.8. The standard InChI is InChI=1S/C51H56ClN7O6S2.CH4O.CH2O/c1-6-9-40(48(62)53-4)57(5)39-16-15-36(37-13-8-11-33(27-60)43(37)39)31-18-21-58(22-19-31)50-55-38-24-30(14-17-41(38)64-50)29-66-59-23-20-35(26-51(59,2)3)54-34-12-7-10-32(25-34)46-44(52)45-47(67-46)49(63)56-42(28-61)65-45;2*1-2/h7-8,10-17,24-25,27-28,31,35,40,42,54H,6,9,18-23,26,29H2,1-5H3,(H,53,62)(H,56,63);2H,1H3;1H2. The molecule has 0 spiro atoms. The number of thiophene rings is 1. The number of aliphatic hydroxyl groups excluding tert-OH is 1. The van der Waals surface area contributed by atoms with Crippen LogP contribution < -0.4 is 30.5 Å². The predicted molar refractivity (Wildman–Crippen MR) is 285 cm³/mol. The lowest BCUT2D eigenvalue weighted by atomic mass is 9.85. The number of oxazole rings is 1. The summed E-state index contributed by atoms with van der Waals surface area (Å²) in [5, 5.41) is 18.4. The second-order valence-corrected chi connectivity index (χ2v) is 20.7. The van der Waals surface area contributed by atoms with Crippen LogP contribution in [0, 0.1) is 0 Å². The summed E-state index contributed by atoms with van der Waals surface area (Å²) in [6.07, 6.45) is 5.72. The molecule has 2 fully saturated rings. The summed E-state index contributed by atoms with van der Waals surface area (Å²) < 4.78 is 14.5. The molecular formula is C53H62ClN7O8S2. The van der Waals surface area contributed by atoms with E-state index in [0.29, 0.717) is 40.1 Å². The number of aldehydes is 2. The Hall–Kier alpha value is -5.98. The molecule has 2 aromatic heterocycles. The summed E-state index contributed by atoms with van der Waals surface area (Å²) in [4.78, 5) is 67.6. The van der Waals surface area contributed by atoms with E-state index in [1.54, 1.807) is 7.05 Å². The monoisotopic (exact) mass is 1020 g/mol. The third-order valence-corrected chi connectivity index (χ3v) is 16.6. The van der Waals surface area contributed by atoms with Gasteiger partial charge in [-0.3, -0.25) is 19.2 Å². The number of hydrogen-bond acceptors (Lipinski definition) is 15. The zero-order valence-electron chi connectivity index (χ0n) is 41.0. The fraction of sp³-hybridized carbons (Fsp3) is 0.396. The molecule has 3 atom stereocenters. The number of likely N-dealkylation sites (N-methyl/N-ethyl adjacent to an activating group) is 2. The maximum atomic E-state index is 12.9. The van der Waals surface area contributed by atoms with Gasteiger partial charge >= 0.3 is 0 Å². The molecule has 4 aromatic carbocycles. The third-order valence-electron chi connectivity index (χ3n) is 13.5. The van der Waals surface area contributed by atoms with Crippen molar-refractivity contribution in [2.75, 3.05) is 56.0 Å². The molecule has 9 rings (SSSR count). The molecule has 376 valence electrons. The van der Waals surface area contributed by atoms with E-state index in [4.69, 9.17) is 35.6 Å². The lowest BCUT2D eigenvalue weighted by Crippen LogP contribution is -2.49. The topological polar surface area (TPSA) is 187 Å². The molecule has 2 saturated heterocycles. The van der Waals surface area contributed by atoms with Gasteiger partial charge in [-0.2, -0.15) is 4.98 Å². The van der Waals surface area contributed by atoms with Gasteiger partial charge in [0.1, 0.15) is 28.2 Å². The molecule has 3 aliphatic heterocycles. The number of anilines is 3. The number of aliphatic hydroxyl groups is 1. The first-order valence-corrected chi connectivity index (χ1v) is 25.9. The number of amides is 2. The minimum absolute atomic E-state index is 0.0351. The molecule has 2 amide bonds. The van der Waals surface area contributed by atoms with Crippen LogP contribution in [0.2, 0.25) is 5.02 Å². The van der Waals surface area contributed by atoms with Crippen molar-refractivity contribution in [1.29, 1.82) is 0 Å². The number of carbonyl (C=O) groups is 5. The largest absolute Gasteiger partial charge is 0.460 e. The SMILES string of the molecule is C=O.CCCC(C(=O)NC)N(C)c1ccc(C2CCN(c3nc4cc(CSN5CCC(Nc6cccc(-c7sc8c(c7Cl)OC(C=O)NC8=O)c6)CC5(C)C)ccc4o3)CC2)c2cccc(C=O)c12.CO. The molecule has 3 unspecified atom stereocenters. The first-order chi connectivity index (χ1) is 34.4. The highest BCUT2D eigenvalue weighted by Gasteiger charge is 2.36. The van der Waals surface area contributed by atoms with Crippen molar-refractivity contribution in [3.63, 3.8) is 0 Å². The van der Waals surface area contributed by atoms with Gasteiger partial charge in [-0.05, 0) is 104 Å². The quantitative estimate of drug-likeness (QED) is 0.0563. The summed E-state index contributed by atoms with van der Waals surface area (Å²) in [5.41, 5.74) is 7.33. The average Bonchev–Trinajstić information content (AvgIpc) is 3.98. The molecule has 3 aliphatic rings. The summed E-state index contributed by atoms with van der Waals surface area (Å²) in [7, 11) is 4.62. The van der Waals surface area contributed by atoms with Crippen molar-refractivity contribution >= 4 is 105 Å². The Bertz CT molecular complexity index is 2860. The number of nitrogens with one attached hydrogen (secondary N) is 3. The second-order valence-electron chi connectivity index (χ2n) is 18.3. The van der Waals surface area contributed by atoms with Gasteiger partial charge in [-0.25, -0.2) is 4.31 Å². The zero-order valence-corrected chi connectivity index (χ0v) is 43.3. The van der Waals surface area contributed by atoms with Gasteiger partial charge < -0.3 is 44.8 Å². The Morgan fingerprint density at radius 1 is 1.06 bits per heavy atom. The van der Waals surface area contributed by atoms with Gasteiger partial charge in [-0.15, -0.1) is 11.3 Å². The van der Waals surface area contributed by atoms with Gasteiger partial charge in [0, 0.05) is 80.5 Å². The minimum Gasteiger partial charge on any atom is -0.460 e. The number of piperidine rings is 2. The van der Waals surface area contributed by atoms with Crippen molar-refractivity contribution in [2.45, 2.75) is 94.8 Å². The van der Waals surface area contributed by atoms with Crippen molar-refractivity contribution < 1.29 is 38.2 Å². The molecule has 5 heterocycles. The van der Waals surface area contributed by atoms with E-state index in [1.807, 2.05) is 73.1 Å². The molecule has 0 bridgehead atoms. The van der Waals surface area contributed by atoms with Crippen LogP contribution in [-0.4, -0.2) is 110 Å². The first-order valence-electron chi connectivity index (χ1n) is 23.8. The Labute approximate surface area is 427 Å². The molecule has 71 heavy (non-hydrogen) atoms. The summed E-state index contributed by atoms with van der Waals surface area (Å²) in [6, 6.07) is 25.1. The van der Waals surface area contributed by atoms with Crippen LogP contribution in [-0.2, 0) is 20.1 Å². The van der Waals surface area contributed by atoms with Crippen LogP contribution in [0.1, 0.15) is 96.4 Å². The number of ether oxygens (including phenoxy) is 1. The fourth-order valence-corrected chi connectivity index (χ4v) is 12.6. The van der Waals surface area contributed by atoms with Gasteiger partial charge in [0.25, 0.3) is 11.9 Å². The molecule has 6 aromatic rings. The van der Waals surface area contributed by atoms with Crippen LogP contribution in [0.15, 0.2) is 77.2 Å². The molecule has 4 N–H and O–H groups in total. The Kier molecular flexibility index (Phi) is 17.5. The van der Waals surface area contributed by atoms with Crippen LogP contribution >= 0.6 is 34.9 Å². The maximum absolute atomic E-state index is 12.9. The van der Waals surface area contributed by atoms with Crippen LogP contribution in [0.4, 0.5) is 17.4 Å². The number of benzene rings is 4. The van der Waals surface area contributed by atoms with Gasteiger partial charge in [0.05, 0.1) is 4.88 Å². The van der Waals surface area contributed by atoms with Gasteiger partial charge in [0.2, 0.25) is 12.1 Å². The van der Waals surface area contributed by atoms with Crippen LogP contribution in [0.5, 0.6) is 5.75 Å². The lowest BCUT2D eigenvalue weighted by Gasteiger charge is -2.45. The molecule has 0 saturated carbocycles. The highest BCUT2D eigenvalue weighted by Crippen LogP contribution is 2.48. The highest BCUT2D eigenvalue weighted by molar-refractivity contribution is 7.96. The molecular weight excluding hydrogens is 962 g/mol. The molecule has 18 heteroatoms. The number of fused-ring (bicyclic) bond motifs is 3. The Balaban J connectivity index is 0.00000181. The number of nitrogens with zero attached hydrogens (tertiary/aromatic N) is 4. The number of aromatic nitrogens is 1. The minimum atomic E-state index is -1.05. The summed E-state index contributed by atoms with van der Waals surface area (Å²) in [6.45, 7) is 11.2. The van der Waals surface area contributed by atoms with E-state index in [2.05, 4.69) is 76.3 Å². The molecule has 0 aliphatic carbocycles. The average molecular weight is 1020 g/mol. The van der Waals surface area contributed by atoms with Crippen molar-refractivity contribution in [2.24, 2.45) is 0 Å². The van der Waals surface area contributed by atoms with E-state index in [9.17, 15) is 19.2 Å². The predicted octanol–water partition coefficient (Wildman–Crippen LogP) is 9.48. The summed E-state index contributed by atoms with van der Waals surface area (Å²) in [5.74, 6) is 0.951. The van der Waals surface area contributed by atoms with E-state index < -0.39 is 6.23 Å². The zero-order chi connectivity index (χ0) is 51.0. The van der Waals surface area contributed by atoms with Gasteiger partial charge in [-0.1, -0.05) is 79.4 Å². The van der Waals surface area contributed by atoms with Crippen LogP contribution in [0.3, 0.4) is 0 Å². The number of hydrogen-bond donors (Lipinski definition) is 4. The van der Waals surface area contributed by atoms with E-state index >= 15 is 0 Å². The van der Waals surface area contributed by atoms with Crippen LogP contribution in [0.25, 0.3) is 32.3 Å². The number of rotatable bonds is 15. The second kappa shape index (κ2) is 23.5. The number of carbonyl (C=O) groups excluding carboxylic acids is 5. The smallest absolute Gasteiger partial charge is 0.298 e. The fourth-order valence-electron chi connectivity index (χ4n) is 10.00. The van der Waals surface area contributed by atoms with E-state index in [0.717, 1.165) is 115 Å². The third kappa shape index (κ3) is 11.2. The van der Waals surface area contributed by atoms with Crippen molar-refractivity contribution in [3.8, 4) is 16.2 Å². The van der Waals surface area contributed by atoms with E-state index in [-0.39, 0.29) is 35.2 Å². The molecule has 15 nitrogen and oxygen atoms in total. The Morgan fingerprint density at radius 2 is 1.82 bits per heavy atom.